The van der Waals surface area contributed by atoms with E-state index in [1.54, 1.807) is 0 Å². The van der Waals surface area contributed by atoms with Crippen molar-refractivity contribution in [3.63, 3.8) is 0 Å². The van der Waals surface area contributed by atoms with Crippen LogP contribution in [0.5, 0.6) is 0 Å². The van der Waals surface area contributed by atoms with Gasteiger partial charge in [-0.1, -0.05) is 18.2 Å². The van der Waals surface area contributed by atoms with Crippen molar-refractivity contribution in [3.8, 4) is 0 Å². The van der Waals surface area contributed by atoms with Gasteiger partial charge in [0.2, 0.25) is 0 Å². The number of H-pyrrole nitrogens is 1. The van der Waals surface area contributed by atoms with Crippen LogP contribution in [0.3, 0.4) is 0 Å². The summed E-state index contributed by atoms with van der Waals surface area (Å²) < 4.78 is 0. The molecule has 3 nitrogen and oxygen atoms in total. The third-order valence-corrected chi connectivity index (χ3v) is 3.43. The SMILES string of the molecule is O=C([O-])[C@H]1CCc2c([nH]c3ccccc23)C1. The Labute approximate surface area is 93.1 Å². The monoisotopic (exact) mass is 214 g/mol. The molecule has 0 spiro atoms. The highest BCUT2D eigenvalue weighted by Crippen LogP contribution is 2.31. The van der Waals surface area contributed by atoms with Gasteiger partial charge < -0.3 is 14.9 Å². The molecule has 0 fully saturated rings. The van der Waals surface area contributed by atoms with Crippen LogP contribution in [0.4, 0.5) is 0 Å². The number of benzene rings is 1. The smallest absolute Gasteiger partial charge is 0.0458 e. The average Bonchev–Trinajstić information content (AvgIpc) is 2.66. The van der Waals surface area contributed by atoms with Crippen molar-refractivity contribution in [3.05, 3.63) is 35.5 Å². The fourth-order valence-corrected chi connectivity index (χ4v) is 2.58. The molecule has 0 bridgehead atoms. The van der Waals surface area contributed by atoms with Crippen molar-refractivity contribution in [2.75, 3.05) is 0 Å². The number of carboxylic acids is 1. The maximum Gasteiger partial charge on any atom is 0.0458 e. The minimum absolute atomic E-state index is 0.333. The summed E-state index contributed by atoms with van der Waals surface area (Å²) in [5, 5.41) is 12.1. The lowest BCUT2D eigenvalue weighted by Gasteiger charge is -2.22. The molecule has 0 aliphatic heterocycles. The lowest BCUT2D eigenvalue weighted by molar-refractivity contribution is -0.311. The van der Waals surface area contributed by atoms with E-state index in [4.69, 9.17) is 0 Å². The number of hydrogen-bond acceptors (Lipinski definition) is 2. The summed E-state index contributed by atoms with van der Waals surface area (Å²) in [7, 11) is 0. The van der Waals surface area contributed by atoms with Gasteiger partial charge >= 0.3 is 0 Å². The van der Waals surface area contributed by atoms with E-state index in [0.717, 1.165) is 17.6 Å². The van der Waals surface area contributed by atoms with Crippen molar-refractivity contribution in [2.24, 2.45) is 5.92 Å². The van der Waals surface area contributed by atoms with Gasteiger partial charge in [-0.25, -0.2) is 0 Å². The number of aliphatic carboxylic acids is 1. The van der Waals surface area contributed by atoms with Crippen LogP contribution < -0.4 is 5.11 Å². The number of fused-ring (bicyclic) bond motifs is 3. The Morgan fingerprint density at radius 3 is 3.00 bits per heavy atom. The Morgan fingerprint density at radius 2 is 2.19 bits per heavy atom. The molecule has 3 rings (SSSR count). The standard InChI is InChI=1S/C13H13NO2/c15-13(16)8-5-6-10-9-3-1-2-4-11(9)14-12(10)7-8/h1-4,8,14H,5-7H2,(H,15,16)/p-1/t8-/m0/s1. The zero-order chi connectivity index (χ0) is 11.1. The molecule has 1 aliphatic carbocycles. The van der Waals surface area contributed by atoms with Crippen LogP contribution in [0.25, 0.3) is 10.9 Å². The molecule has 1 aliphatic rings. The Balaban J connectivity index is 2.09. The number of carboxylic acid groups (broad SMARTS) is 1. The molecule has 0 saturated heterocycles. The van der Waals surface area contributed by atoms with Crippen molar-refractivity contribution >= 4 is 16.9 Å². The van der Waals surface area contributed by atoms with Crippen LogP contribution in [0.1, 0.15) is 17.7 Å². The molecule has 0 unspecified atom stereocenters. The highest BCUT2D eigenvalue weighted by atomic mass is 16.4. The van der Waals surface area contributed by atoms with E-state index in [2.05, 4.69) is 11.1 Å². The van der Waals surface area contributed by atoms with Crippen LogP contribution in [0, 0.1) is 5.92 Å². The van der Waals surface area contributed by atoms with Gasteiger partial charge in [0.05, 0.1) is 0 Å². The van der Waals surface area contributed by atoms with Crippen LogP contribution >= 0.6 is 0 Å². The maximum absolute atomic E-state index is 10.9. The Bertz CT molecular complexity index is 556. The highest BCUT2D eigenvalue weighted by Gasteiger charge is 2.22. The number of aromatic nitrogens is 1. The molecule has 16 heavy (non-hydrogen) atoms. The number of carbonyl (C=O) groups excluding carboxylic acids is 1. The highest BCUT2D eigenvalue weighted by molar-refractivity contribution is 5.85. The number of para-hydroxylation sites is 1. The summed E-state index contributed by atoms with van der Waals surface area (Å²) in [4.78, 5) is 14.2. The number of aromatic amines is 1. The van der Waals surface area contributed by atoms with E-state index in [1.807, 2.05) is 18.2 Å². The molecule has 1 N–H and O–H groups in total. The molecule has 1 aromatic carbocycles. The lowest BCUT2D eigenvalue weighted by Crippen LogP contribution is -2.34. The van der Waals surface area contributed by atoms with Gasteiger partial charge in [-0.2, -0.15) is 0 Å². The van der Waals surface area contributed by atoms with Gasteiger partial charge in [0.1, 0.15) is 0 Å². The first-order valence-corrected chi connectivity index (χ1v) is 5.55. The summed E-state index contributed by atoms with van der Waals surface area (Å²) in [6.07, 6.45) is 2.10. The van der Waals surface area contributed by atoms with Gasteiger partial charge in [0, 0.05) is 28.5 Å². The maximum atomic E-state index is 10.9. The fourth-order valence-electron chi connectivity index (χ4n) is 2.58. The van der Waals surface area contributed by atoms with Crippen LogP contribution in [0.2, 0.25) is 0 Å². The van der Waals surface area contributed by atoms with E-state index in [1.165, 1.54) is 10.9 Å². The zero-order valence-electron chi connectivity index (χ0n) is 8.82. The van der Waals surface area contributed by atoms with Crippen molar-refractivity contribution in [1.82, 2.24) is 4.98 Å². The van der Waals surface area contributed by atoms with Crippen LogP contribution in [0.15, 0.2) is 24.3 Å². The Hall–Kier alpha value is -1.77. The van der Waals surface area contributed by atoms with Crippen LogP contribution in [-0.2, 0) is 17.6 Å². The van der Waals surface area contributed by atoms with Gasteiger partial charge in [-0.15, -0.1) is 0 Å². The molecule has 0 amide bonds. The zero-order valence-corrected chi connectivity index (χ0v) is 8.82. The summed E-state index contributed by atoms with van der Waals surface area (Å²) in [5.74, 6) is -1.26. The molecule has 1 heterocycles. The lowest BCUT2D eigenvalue weighted by atomic mass is 9.87. The molecule has 3 heteroatoms. The molecule has 1 atom stereocenters. The van der Waals surface area contributed by atoms with Gasteiger partial charge in [0.25, 0.3) is 0 Å². The van der Waals surface area contributed by atoms with E-state index in [0.29, 0.717) is 12.8 Å². The average molecular weight is 214 g/mol. The first-order chi connectivity index (χ1) is 7.75. The molecule has 82 valence electrons. The van der Waals surface area contributed by atoms with Gasteiger partial charge in [0.15, 0.2) is 0 Å². The predicted molar refractivity (Wildman–Crippen MR) is 58.8 cm³/mol. The minimum Gasteiger partial charge on any atom is -0.550 e. The van der Waals surface area contributed by atoms with Gasteiger partial charge in [-0.05, 0) is 30.9 Å². The van der Waals surface area contributed by atoms with E-state index in [9.17, 15) is 9.90 Å². The predicted octanol–water partition coefficient (Wildman–Crippen LogP) is 1.02. The summed E-state index contributed by atoms with van der Waals surface area (Å²) in [6.45, 7) is 0. The molecule has 1 aromatic heterocycles. The largest absolute Gasteiger partial charge is 0.550 e. The molecule has 0 radical (unpaired) electrons. The Morgan fingerprint density at radius 1 is 1.38 bits per heavy atom. The minimum atomic E-state index is -0.927. The van der Waals surface area contributed by atoms with E-state index in [-0.39, 0.29) is 5.92 Å². The first-order valence-electron chi connectivity index (χ1n) is 5.55. The second-order valence-electron chi connectivity index (χ2n) is 4.39. The third kappa shape index (κ3) is 1.32. The number of nitrogens with one attached hydrogen (secondary N) is 1. The fraction of sp³-hybridized carbons (Fsp3) is 0.308. The molecule has 2 aromatic rings. The van der Waals surface area contributed by atoms with Crippen molar-refractivity contribution < 1.29 is 9.90 Å². The summed E-state index contributed by atoms with van der Waals surface area (Å²) >= 11 is 0. The number of rotatable bonds is 1. The summed E-state index contributed by atoms with van der Waals surface area (Å²) in [6, 6.07) is 8.12. The topological polar surface area (TPSA) is 55.9 Å². The van der Waals surface area contributed by atoms with E-state index >= 15 is 0 Å². The van der Waals surface area contributed by atoms with Gasteiger partial charge in [-0.3, -0.25) is 0 Å². The number of hydrogen-bond donors (Lipinski definition) is 1. The second-order valence-corrected chi connectivity index (χ2v) is 4.39. The second kappa shape index (κ2) is 3.37. The Kier molecular flexibility index (Phi) is 1.99. The summed E-state index contributed by atoms with van der Waals surface area (Å²) in [5.41, 5.74) is 3.46. The first kappa shape index (κ1) is 9.46. The third-order valence-electron chi connectivity index (χ3n) is 3.43. The molecule has 0 saturated carbocycles. The van der Waals surface area contributed by atoms with Crippen molar-refractivity contribution in [2.45, 2.75) is 19.3 Å². The quantitative estimate of drug-likeness (QED) is 0.770. The van der Waals surface area contributed by atoms with Crippen molar-refractivity contribution in [1.29, 1.82) is 0 Å². The number of carbonyl (C=O) groups is 1. The number of aryl methyl sites for hydroxylation is 1. The molecular weight excluding hydrogens is 202 g/mol. The molecular formula is C13H12NO2-. The van der Waals surface area contributed by atoms with E-state index < -0.39 is 5.97 Å². The normalized spacial score (nSPS) is 19.6. The van der Waals surface area contributed by atoms with Crippen LogP contribution in [-0.4, -0.2) is 11.0 Å².